The molecule has 190 valence electrons. The van der Waals surface area contributed by atoms with E-state index < -0.39 is 27.9 Å². The van der Waals surface area contributed by atoms with Crippen molar-refractivity contribution in [3.63, 3.8) is 0 Å². The SMILES string of the molecule is CCOC(=O)c1ccc(-c2ccc(/C=N\NC(=O)[C@H](C)N(c3ccc(OC)cc3)S(C)(=O)=O)o2)cc1. The largest absolute Gasteiger partial charge is 0.497 e. The summed E-state index contributed by atoms with van der Waals surface area (Å²) in [5.74, 6) is 0.426. The lowest BCUT2D eigenvalue weighted by molar-refractivity contribution is -0.121. The van der Waals surface area contributed by atoms with Crippen molar-refractivity contribution in [2.24, 2.45) is 5.10 Å². The van der Waals surface area contributed by atoms with Gasteiger partial charge in [0.25, 0.3) is 5.91 Å². The normalized spacial score (nSPS) is 12.2. The number of rotatable bonds is 10. The summed E-state index contributed by atoms with van der Waals surface area (Å²) in [6, 6.07) is 15.4. The lowest BCUT2D eigenvalue weighted by Gasteiger charge is -2.27. The van der Waals surface area contributed by atoms with Crippen LogP contribution in [0.2, 0.25) is 0 Å². The number of hydrogen-bond donors (Lipinski definition) is 1. The predicted octanol–water partition coefficient (Wildman–Crippen LogP) is 3.44. The average molecular weight is 514 g/mol. The molecule has 1 N–H and O–H groups in total. The van der Waals surface area contributed by atoms with Crippen molar-refractivity contribution in [2.45, 2.75) is 19.9 Å². The van der Waals surface area contributed by atoms with Gasteiger partial charge in [0.2, 0.25) is 10.0 Å². The lowest BCUT2D eigenvalue weighted by Crippen LogP contribution is -2.46. The second-order valence-electron chi connectivity index (χ2n) is 7.67. The highest BCUT2D eigenvalue weighted by Gasteiger charge is 2.29. The minimum Gasteiger partial charge on any atom is -0.497 e. The fourth-order valence-corrected chi connectivity index (χ4v) is 4.53. The number of methoxy groups -OCH3 is 1. The Kier molecular flexibility index (Phi) is 8.49. The number of benzene rings is 2. The lowest BCUT2D eigenvalue weighted by atomic mass is 10.1. The highest BCUT2D eigenvalue weighted by atomic mass is 32.2. The summed E-state index contributed by atoms with van der Waals surface area (Å²) < 4.78 is 41.6. The minimum absolute atomic E-state index is 0.296. The topological polar surface area (TPSA) is 128 Å². The predicted molar refractivity (Wildman–Crippen MR) is 136 cm³/mol. The van der Waals surface area contributed by atoms with Crippen LogP contribution in [0.1, 0.15) is 30.0 Å². The van der Waals surface area contributed by atoms with Gasteiger partial charge in [-0.1, -0.05) is 12.1 Å². The first-order valence-corrected chi connectivity index (χ1v) is 12.8. The van der Waals surface area contributed by atoms with Crippen molar-refractivity contribution in [3.8, 4) is 17.1 Å². The van der Waals surface area contributed by atoms with Gasteiger partial charge in [0.1, 0.15) is 23.3 Å². The zero-order valence-electron chi connectivity index (χ0n) is 20.3. The fraction of sp³-hybridized carbons (Fsp3) is 0.240. The molecule has 10 nitrogen and oxygen atoms in total. The molecule has 1 amide bonds. The maximum Gasteiger partial charge on any atom is 0.338 e. The molecule has 36 heavy (non-hydrogen) atoms. The summed E-state index contributed by atoms with van der Waals surface area (Å²) >= 11 is 0. The van der Waals surface area contributed by atoms with E-state index in [-0.39, 0.29) is 0 Å². The highest BCUT2D eigenvalue weighted by molar-refractivity contribution is 7.92. The molecule has 2 aromatic carbocycles. The molecular weight excluding hydrogens is 486 g/mol. The van der Waals surface area contributed by atoms with Crippen LogP contribution < -0.4 is 14.5 Å². The van der Waals surface area contributed by atoms with E-state index in [0.29, 0.717) is 35.1 Å². The molecule has 0 aliphatic carbocycles. The molecule has 1 aromatic heterocycles. The van der Waals surface area contributed by atoms with Crippen molar-refractivity contribution in [3.05, 3.63) is 72.0 Å². The number of furan rings is 1. The second kappa shape index (κ2) is 11.5. The number of carbonyl (C=O) groups is 2. The van der Waals surface area contributed by atoms with Crippen LogP contribution in [0.25, 0.3) is 11.3 Å². The number of anilines is 1. The van der Waals surface area contributed by atoms with Crippen LogP contribution in [0, 0.1) is 0 Å². The Morgan fingerprint density at radius 3 is 2.33 bits per heavy atom. The van der Waals surface area contributed by atoms with Gasteiger partial charge in [0.15, 0.2) is 0 Å². The van der Waals surface area contributed by atoms with Gasteiger partial charge in [-0.2, -0.15) is 5.10 Å². The Morgan fingerprint density at radius 2 is 1.75 bits per heavy atom. The zero-order chi connectivity index (χ0) is 26.3. The molecule has 3 rings (SSSR count). The quantitative estimate of drug-likeness (QED) is 0.250. The van der Waals surface area contributed by atoms with Crippen molar-refractivity contribution in [1.29, 1.82) is 0 Å². The summed E-state index contributed by atoms with van der Waals surface area (Å²) in [5.41, 5.74) is 3.83. The van der Waals surface area contributed by atoms with Crippen molar-refractivity contribution in [2.75, 3.05) is 24.3 Å². The summed E-state index contributed by atoms with van der Waals surface area (Å²) in [6.07, 6.45) is 2.33. The van der Waals surface area contributed by atoms with Crippen LogP contribution in [0.5, 0.6) is 5.75 Å². The second-order valence-corrected chi connectivity index (χ2v) is 9.53. The number of nitrogens with one attached hydrogen (secondary N) is 1. The fourth-order valence-electron chi connectivity index (χ4n) is 3.35. The third-order valence-electron chi connectivity index (χ3n) is 5.09. The van der Waals surface area contributed by atoms with Gasteiger partial charge < -0.3 is 13.9 Å². The van der Waals surface area contributed by atoms with Gasteiger partial charge in [-0.25, -0.2) is 18.6 Å². The molecule has 1 heterocycles. The van der Waals surface area contributed by atoms with E-state index >= 15 is 0 Å². The summed E-state index contributed by atoms with van der Waals surface area (Å²) in [7, 11) is -2.26. The summed E-state index contributed by atoms with van der Waals surface area (Å²) in [5, 5.41) is 3.89. The van der Waals surface area contributed by atoms with E-state index in [1.807, 2.05) is 0 Å². The third-order valence-corrected chi connectivity index (χ3v) is 6.33. The standard InChI is InChI=1S/C25H27N3O7S/c1-5-34-25(30)19-8-6-18(7-9-19)23-15-14-22(35-23)16-26-27-24(29)17(2)28(36(4,31)32)20-10-12-21(33-3)13-11-20/h6-17H,5H2,1-4H3,(H,27,29)/b26-16-/t17-/m0/s1. The molecule has 0 unspecified atom stereocenters. The number of esters is 1. The smallest absolute Gasteiger partial charge is 0.338 e. The average Bonchev–Trinajstić information content (AvgIpc) is 3.33. The Bertz CT molecular complexity index is 1330. The van der Waals surface area contributed by atoms with Gasteiger partial charge in [0, 0.05) is 5.56 Å². The van der Waals surface area contributed by atoms with Crippen LogP contribution in [-0.4, -0.2) is 52.5 Å². The van der Waals surface area contributed by atoms with Gasteiger partial charge >= 0.3 is 5.97 Å². The van der Waals surface area contributed by atoms with E-state index in [2.05, 4.69) is 10.5 Å². The van der Waals surface area contributed by atoms with E-state index in [4.69, 9.17) is 13.9 Å². The molecule has 0 aliphatic rings. The Morgan fingerprint density at radius 1 is 1.08 bits per heavy atom. The first kappa shape index (κ1) is 26.5. The first-order chi connectivity index (χ1) is 17.1. The molecule has 1 atom stereocenters. The van der Waals surface area contributed by atoms with E-state index in [1.54, 1.807) is 67.6 Å². The van der Waals surface area contributed by atoms with Gasteiger partial charge in [-0.3, -0.25) is 9.10 Å². The number of ether oxygens (including phenoxy) is 2. The Hall–Kier alpha value is -4.12. The van der Waals surface area contributed by atoms with Gasteiger partial charge in [-0.05, 0) is 62.4 Å². The minimum atomic E-state index is -3.77. The molecule has 0 bridgehead atoms. The Balaban J connectivity index is 1.66. The molecule has 0 radical (unpaired) electrons. The molecule has 0 spiro atoms. The van der Waals surface area contributed by atoms with Crippen molar-refractivity contribution >= 4 is 33.8 Å². The molecule has 0 saturated carbocycles. The number of hydrogen-bond acceptors (Lipinski definition) is 8. The van der Waals surface area contributed by atoms with Crippen molar-refractivity contribution < 1.29 is 31.9 Å². The Labute approximate surface area is 209 Å². The van der Waals surface area contributed by atoms with Crippen LogP contribution in [0.15, 0.2) is 70.2 Å². The first-order valence-electron chi connectivity index (χ1n) is 11.0. The highest BCUT2D eigenvalue weighted by Crippen LogP contribution is 2.24. The number of sulfonamides is 1. The van der Waals surface area contributed by atoms with Crippen LogP contribution in [0.4, 0.5) is 5.69 Å². The van der Waals surface area contributed by atoms with E-state index in [0.717, 1.165) is 16.1 Å². The van der Waals surface area contributed by atoms with Crippen LogP contribution in [0.3, 0.4) is 0 Å². The zero-order valence-corrected chi connectivity index (χ0v) is 21.1. The van der Waals surface area contributed by atoms with Gasteiger partial charge in [0.05, 0.1) is 37.4 Å². The van der Waals surface area contributed by atoms with Gasteiger partial charge in [-0.15, -0.1) is 0 Å². The maximum absolute atomic E-state index is 12.7. The monoisotopic (exact) mass is 513 g/mol. The molecular formula is C25H27N3O7S. The molecule has 0 saturated heterocycles. The summed E-state index contributed by atoms with van der Waals surface area (Å²) in [6.45, 7) is 3.50. The molecule has 0 aliphatic heterocycles. The van der Waals surface area contributed by atoms with Crippen molar-refractivity contribution in [1.82, 2.24) is 5.43 Å². The number of hydrazone groups is 1. The summed E-state index contributed by atoms with van der Waals surface area (Å²) in [4.78, 5) is 24.4. The number of carbonyl (C=O) groups excluding carboxylic acids is 2. The third kappa shape index (κ3) is 6.51. The van der Waals surface area contributed by atoms with E-state index in [9.17, 15) is 18.0 Å². The maximum atomic E-state index is 12.7. The number of nitrogens with zero attached hydrogens (tertiary/aromatic N) is 2. The van der Waals surface area contributed by atoms with Crippen LogP contribution in [-0.2, 0) is 19.6 Å². The van der Waals surface area contributed by atoms with E-state index in [1.165, 1.54) is 20.2 Å². The molecule has 3 aromatic rings. The molecule has 0 fully saturated rings. The van der Waals surface area contributed by atoms with Crippen LogP contribution >= 0.6 is 0 Å². The number of amides is 1. The molecule has 11 heteroatoms.